The van der Waals surface area contributed by atoms with Crippen LogP contribution < -0.4 is 10.1 Å². The minimum absolute atomic E-state index is 0.115. The average molecular weight is 297 g/mol. The molecule has 2 atom stereocenters. The number of carboxylic acid groups (broad SMARTS) is 1. The van der Waals surface area contributed by atoms with Gasteiger partial charge in [-0.3, -0.25) is 10.1 Å². The third-order valence-corrected chi connectivity index (χ3v) is 3.98. The highest BCUT2D eigenvalue weighted by molar-refractivity contribution is 5.73. The molecule has 3 rings (SSSR count). The number of carbonyl (C=O) groups is 1. The van der Waals surface area contributed by atoms with Gasteiger partial charge in [-0.05, 0) is 36.1 Å². The summed E-state index contributed by atoms with van der Waals surface area (Å²) in [5.41, 5.74) is 2.24. The Morgan fingerprint density at radius 2 is 1.82 bits per heavy atom. The summed E-state index contributed by atoms with van der Waals surface area (Å²) < 4.78 is 5.75. The molecule has 0 spiro atoms. The van der Waals surface area contributed by atoms with Crippen LogP contribution >= 0.6 is 0 Å². The monoisotopic (exact) mass is 297 g/mol. The van der Waals surface area contributed by atoms with E-state index in [9.17, 15) is 4.79 Å². The maximum absolute atomic E-state index is 11.0. The van der Waals surface area contributed by atoms with Gasteiger partial charge in [-0.1, -0.05) is 42.5 Å². The minimum atomic E-state index is -0.773. The second kappa shape index (κ2) is 6.62. The number of carboxylic acids is 1. The molecule has 22 heavy (non-hydrogen) atoms. The predicted molar refractivity (Wildman–Crippen MR) is 83.8 cm³/mol. The van der Waals surface area contributed by atoms with Crippen LogP contribution in [0.2, 0.25) is 0 Å². The Kier molecular flexibility index (Phi) is 4.39. The summed E-state index contributed by atoms with van der Waals surface area (Å²) in [6.45, 7) is 0.545. The van der Waals surface area contributed by atoms with Gasteiger partial charge < -0.3 is 9.84 Å². The largest absolute Gasteiger partial charge is 0.489 e. The van der Waals surface area contributed by atoms with Gasteiger partial charge in [0, 0.05) is 6.04 Å². The Morgan fingerprint density at radius 3 is 2.45 bits per heavy atom. The standard InChI is InChI=1S/C18H19NO3/c20-18(21)17-11-10-16(19-17)14-6-8-15(9-7-14)22-12-13-4-2-1-3-5-13/h1-9,16-17,19H,10-12H2,(H,20,21)/t16?,17-/m0/s1. The average Bonchev–Trinajstić information content (AvgIpc) is 3.05. The summed E-state index contributed by atoms with van der Waals surface area (Å²) >= 11 is 0. The topological polar surface area (TPSA) is 58.6 Å². The molecule has 0 bridgehead atoms. The quantitative estimate of drug-likeness (QED) is 0.890. The molecule has 1 fully saturated rings. The van der Waals surface area contributed by atoms with Crippen molar-refractivity contribution in [2.45, 2.75) is 31.5 Å². The van der Waals surface area contributed by atoms with Crippen molar-refractivity contribution in [3.05, 3.63) is 65.7 Å². The Bertz CT molecular complexity index is 625. The molecule has 0 saturated carbocycles. The third-order valence-electron chi connectivity index (χ3n) is 3.98. The minimum Gasteiger partial charge on any atom is -0.489 e. The van der Waals surface area contributed by atoms with Gasteiger partial charge in [-0.15, -0.1) is 0 Å². The number of aliphatic carboxylic acids is 1. The molecule has 0 aliphatic carbocycles. The summed E-state index contributed by atoms with van der Waals surface area (Å²) in [5, 5.41) is 12.2. The van der Waals surface area contributed by atoms with Crippen molar-refractivity contribution < 1.29 is 14.6 Å². The fraction of sp³-hybridized carbons (Fsp3) is 0.278. The summed E-state index contributed by atoms with van der Waals surface area (Å²) in [6.07, 6.45) is 1.52. The van der Waals surface area contributed by atoms with Gasteiger partial charge in [0.1, 0.15) is 18.4 Å². The van der Waals surface area contributed by atoms with E-state index in [-0.39, 0.29) is 6.04 Å². The van der Waals surface area contributed by atoms with Crippen LogP contribution in [0.3, 0.4) is 0 Å². The molecule has 2 aromatic rings. The van der Waals surface area contributed by atoms with Gasteiger partial charge in [-0.25, -0.2) is 0 Å². The predicted octanol–water partition coefficient (Wildman–Crippen LogP) is 3.14. The Balaban J connectivity index is 1.58. The molecule has 1 saturated heterocycles. The van der Waals surface area contributed by atoms with E-state index < -0.39 is 12.0 Å². The molecular formula is C18H19NO3. The lowest BCUT2D eigenvalue weighted by Gasteiger charge is -2.13. The Morgan fingerprint density at radius 1 is 1.09 bits per heavy atom. The lowest BCUT2D eigenvalue weighted by atomic mass is 10.1. The van der Waals surface area contributed by atoms with Crippen molar-refractivity contribution in [2.75, 3.05) is 0 Å². The van der Waals surface area contributed by atoms with E-state index in [1.165, 1.54) is 0 Å². The lowest BCUT2D eigenvalue weighted by molar-refractivity contribution is -0.139. The summed E-state index contributed by atoms with van der Waals surface area (Å²) in [7, 11) is 0. The van der Waals surface area contributed by atoms with Gasteiger partial charge in [0.25, 0.3) is 0 Å². The Labute approximate surface area is 129 Å². The number of ether oxygens (including phenoxy) is 1. The first-order valence-electron chi connectivity index (χ1n) is 7.48. The van der Waals surface area contributed by atoms with E-state index in [1.807, 2.05) is 54.6 Å². The molecule has 0 amide bonds. The molecule has 1 aliphatic heterocycles. The molecule has 4 nitrogen and oxygen atoms in total. The van der Waals surface area contributed by atoms with Crippen molar-refractivity contribution in [1.29, 1.82) is 0 Å². The highest BCUT2D eigenvalue weighted by Crippen LogP contribution is 2.28. The first-order valence-corrected chi connectivity index (χ1v) is 7.48. The van der Waals surface area contributed by atoms with Crippen LogP contribution in [0.25, 0.3) is 0 Å². The van der Waals surface area contributed by atoms with Crippen molar-refractivity contribution in [3.63, 3.8) is 0 Å². The smallest absolute Gasteiger partial charge is 0.320 e. The van der Waals surface area contributed by atoms with Crippen LogP contribution in [-0.4, -0.2) is 17.1 Å². The normalized spacial score (nSPS) is 20.7. The van der Waals surface area contributed by atoms with E-state index in [0.29, 0.717) is 13.0 Å². The van der Waals surface area contributed by atoms with Crippen LogP contribution in [-0.2, 0) is 11.4 Å². The number of rotatable bonds is 5. The van der Waals surface area contributed by atoms with E-state index in [0.717, 1.165) is 23.3 Å². The van der Waals surface area contributed by atoms with E-state index >= 15 is 0 Å². The zero-order chi connectivity index (χ0) is 15.4. The highest BCUT2D eigenvalue weighted by Gasteiger charge is 2.29. The van der Waals surface area contributed by atoms with Crippen LogP contribution in [0.15, 0.2) is 54.6 Å². The van der Waals surface area contributed by atoms with E-state index in [2.05, 4.69) is 5.32 Å². The Hall–Kier alpha value is -2.33. The third kappa shape index (κ3) is 3.46. The van der Waals surface area contributed by atoms with Gasteiger partial charge >= 0.3 is 5.97 Å². The first-order chi connectivity index (χ1) is 10.7. The van der Waals surface area contributed by atoms with Crippen LogP contribution in [0, 0.1) is 0 Å². The summed E-state index contributed by atoms with van der Waals surface area (Å²) in [5.74, 6) is 0.0469. The fourth-order valence-corrected chi connectivity index (χ4v) is 2.74. The maximum Gasteiger partial charge on any atom is 0.320 e. The number of nitrogens with one attached hydrogen (secondary N) is 1. The van der Waals surface area contributed by atoms with Gasteiger partial charge in [0.05, 0.1) is 0 Å². The molecule has 2 N–H and O–H groups in total. The SMILES string of the molecule is O=C(O)[C@@H]1CCC(c2ccc(OCc3ccccc3)cc2)N1. The molecule has 1 aliphatic rings. The number of benzene rings is 2. The molecule has 1 heterocycles. The summed E-state index contributed by atoms with van der Waals surface area (Å²) in [4.78, 5) is 11.0. The molecule has 114 valence electrons. The van der Waals surface area contributed by atoms with Crippen molar-refractivity contribution in [1.82, 2.24) is 5.32 Å². The lowest BCUT2D eigenvalue weighted by Crippen LogP contribution is -2.31. The number of hydrogen-bond donors (Lipinski definition) is 2. The van der Waals surface area contributed by atoms with Crippen molar-refractivity contribution >= 4 is 5.97 Å². The van der Waals surface area contributed by atoms with Crippen molar-refractivity contribution in [2.24, 2.45) is 0 Å². The first kappa shape index (κ1) is 14.6. The fourth-order valence-electron chi connectivity index (χ4n) is 2.74. The molecule has 0 radical (unpaired) electrons. The molecule has 4 heteroatoms. The van der Waals surface area contributed by atoms with Gasteiger partial charge in [0.15, 0.2) is 0 Å². The molecule has 1 unspecified atom stereocenters. The zero-order valence-corrected chi connectivity index (χ0v) is 12.2. The second-order valence-corrected chi connectivity index (χ2v) is 5.53. The van der Waals surface area contributed by atoms with E-state index in [1.54, 1.807) is 0 Å². The van der Waals surface area contributed by atoms with Gasteiger partial charge in [0.2, 0.25) is 0 Å². The van der Waals surface area contributed by atoms with Crippen LogP contribution in [0.4, 0.5) is 0 Å². The molecular weight excluding hydrogens is 278 g/mol. The van der Waals surface area contributed by atoms with Crippen LogP contribution in [0.1, 0.15) is 30.0 Å². The number of hydrogen-bond acceptors (Lipinski definition) is 3. The zero-order valence-electron chi connectivity index (χ0n) is 12.2. The molecule has 2 aromatic carbocycles. The van der Waals surface area contributed by atoms with Crippen molar-refractivity contribution in [3.8, 4) is 5.75 Å². The highest BCUT2D eigenvalue weighted by atomic mass is 16.5. The molecule has 0 aromatic heterocycles. The maximum atomic E-state index is 11.0. The van der Waals surface area contributed by atoms with Crippen LogP contribution in [0.5, 0.6) is 5.75 Å². The van der Waals surface area contributed by atoms with E-state index in [4.69, 9.17) is 9.84 Å². The second-order valence-electron chi connectivity index (χ2n) is 5.53. The van der Waals surface area contributed by atoms with Gasteiger partial charge in [-0.2, -0.15) is 0 Å². The summed E-state index contributed by atoms with van der Waals surface area (Å²) in [6, 6.07) is 17.6.